The Balaban J connectivity index is 1.23. The van der Waals surface area contributed by atoms with Crippen LogP contribution in [-0.4, -0.2) is 66.0 Å². The number of rotatable bonds is 4. The van der Waals surface area contributed by atoms with Crippen LogP contribution in [0.5, 0.6) is 6.01 Å². The summed E-state index contributed by atoms with van der Waals surface area (Å²) < 4.78 is 33.4. The molecule has 6 heterocycles. The van der Waals surface area contributed by atoms with Crippen LogP contribution < -0.4 is 9.64 Å². The van der Waals surface area contributed by atoms with Crippen molar-refractivity contribution in [2.75, 3.05) is 44.3 Å². The van der Waals surface area contributed by atoms with Crippen molar-refractivity contribution < 1.29 is 18.6 Å². The summed E-state index contributed by atoms with van der Waals surface area (Å²) >= 11 is 0. The summed E-state index contributed by atoms with van der Waals surface area (Å²) in [6.07, 6.45) is 7.30. The number of hydrogen-bond acceptors (Lipinski definition) is 7. The highest BCUT2D eigenvalue weighted by molar-refractivity contribution is 5.52. The molecule has 3 saturated heterocycles. The van der Waals surface area contributed by atoms with Gasteiger partial charge in [-0.15, -0.1) is 0 Å². The fourth-order valence-electron chi connectivity index (χ4n) is 7.34. The third kappa shape index (κ3) is 4.21. The lowest BCUT2D eigenvalue weighted by Crippen LogP contribution is -2.45. The van der Waals surface area contributed by atoms with Crippen molar-refractivity contribution in [2.24, 2.45) is 0 Å². The van der Waals surface area contributed by atoms with Crippen LogP contribution >= 0.6 is 0 Å². The first kappa shape index (κ1) is 23.8. The quantitative estimate of drug-likeness (QED) is 0.610. The van der Waals surface area contributed by atoms with Crippen LogP contribution in [0.2, 0.25) is 0 Å². The van der Waals surface area contributed by atoms with Crippen LogP contribution in [-0.2, 0) is 34.7 Å². The first-order chi connectivity index (χ1) is 18.1. The van der Waals surface area contributed by atoms with Crippen molar-refractivity contribution in [3.63, 3.8) is 0 Å². The van der Waals surface area contributed by atoms with E-state index in [1.807, 2.05) is 0 Å². The molecular formula is C29H37FN4O3. The lowest BCUT2D eigenvalue weighted by atomic mass is 9.82. The molecule has 7 nitrogen and oxygen atoms in total. The second-order valence-electron chi connectivity index (χ2n) is 11.6. The van der Waals surface area contributed by atoms with Gasteiger partial charge in [0.05, 0.1) is 31.1 Å². The van der Waals surface area contributed by atoms with E-state index < -0.39 is 11.8 Å². The van der Waals surface area contributed by atoms with Gasteiger partial charge in [-0.2, -0.15) is 9.97 Å². The molecule has 0 aliphatic carbocycles. The van der Waals surface area contributed by atoms with Crippen LogP contribution in [0, 0.1) is 0 Å². The summed E-state index contributed by atoms with van der Waals surface area (Å²) in [6, 6.07) is 8.84. The van der Waals surface area contributed by atoms with Crippen molar-refractivity contribution in [1.29, 1.82) is 0 Å². The smallest absolute Gasteiger partial charge is 0.318 e. The molecule has 0 saturated carbocycles. The van der Waals surface area contributed by atoms with Gasteiger partial charge in [0.15, 0.2) is 0 Å². The van der Waals surface area contributed by atoms with Crippen molar-refractivity contribution in [2.45, 2.75) is 81.9 Å². The van der Waals surface area contributed by atoms with E-state index in [0.29, 0.717) is 51.8 Å². The molecule has 7 rings (SSSR count). The van der Waals surface area contributed by atoms with Gasteiger partial charge >= 0.3 is 6.01 Å². The molecule has 1 aromatic carbocycles. The standard InChI is InChI=1S/C29H37FN4O3/c30-22-14-28(10-7-13-34(28)16-22)19-36-27-31-25-15-29(20-35-17-21-8-3-4-9-24(21)29)37-18-23(25)26(32-27)33-11-5-1-2-6-12-33/h3-4,8-9,22H,1-2,5-7,10-20H2/t22?,28-,29?/m0/s1. The summed E-state index contributed by atoms with van der Waals surface area (Å²) in [6.45, 7) is 5.47. The molecule has 2 aromatic rings. The van der Waals surface area contributed by atoms with E-state index in [-0.39, 0.29) is 5.54 Å². The number of ether oxygens (including phenoxy) is 3. The average molecular weight is 509 g/mol. The number of benzene rings is 1. The molecule has 0 radical (unpaired) electrons. The van der Waals surface area contributed by atoms with Gasteiger partial charge in [0, 0.05) is 38.0 Å². The summed E-state index contributed by atoms with van der Waals surface area (Å²) in [5, 5.41) is 0. The van der Waals surface area contributed by atoms with Crippen LogP contribution in [0.15, 0.2) is 24.3 Å². The molecule has 37 heavy (non-hydrogen) atoms. The zero-order valence-corrected chi connectivity index (χ0v) is 21.6. The Morgan fingerprint density at radius 2 is 1.89 bits per heavy atom. The average Bonchev–Trinajstić information content (AvgIpc) is 3.29. The molecule has 0 amide bonds. The van der Waals surface area contributed by atoms with Crippen molar-refractivity contribution in [3.8, 4) is 6.01 Å². The second kappa shape index (κ2) is 9.47. The molecule has 0 bridgehead atoms. The van der Waals surface area contributed by atoms with Crippen LogP contribution in [0.4, 0.5) is 10.2 Å². The molecule has 3 fully saturated rings. The molecule has 198 valence electrons. The molecule has 8 heteroatoms. The molecular weight excluding hydrogens is 471 g/mol. The molecule has 0 N–H and O–H groups in total. The molecule has 2 unspecified atom stereocenters. The van der Waals surface area contributed by atoms with Gasteiger partial charge < -0.3 is 19.1 Å². The topological polar surface area (TPSA) is 60.0 Å². The molecule has 5 aliphatic rings. The Morgan fingerprint density at radius 1 is 1.03 bits per heavy atom. The first-order valence-electron chi connectivity index (χ1n) is 14.1. The lowest BCUT2D eigenvalue weighted by molar-refractivity contribution is -0.136. The number of nitrogens with zero attached hydrogens (tertiary/aromatic N) is 4. The van der Waals surface area contributed by atoms with E-state index in [0.717, 1.165) is 62.4 Å². The SMILES string of the molecule is FC1CN2CCC[C@@]2(COc2nc3c(c(N4CCCCCC4)n2)COC2(COCc4ccccc42)C3)C1. The first-order valence-corrected chi connectivity index (χ1v) is 14.1. The molecule has 1 spiro atoms. The molecule has 3 atom stereocenters. The molecule has 1 aromatic heterocycles. The largest absolute Gasteiger partial charge is 0.461 e. The van der Waals surface area contributed by atoms with E-state index >= 15 is 0 Å². The van der Waals surface area contributed by atoms with Crippen molar-refractivity contribution >= 4 is 5.82 Å². The van der Waals surface area contributed by atoms with E-state index in [1.165, 1.54) is 24.0 Å². The van der Waals surface area contributed by atoms with Gasteiger partial charge in [-0.1, -0.05) is 37.1 Å². The van der Waals surface area contributed by atoms with Gasteiger partial charge in [0.1, 0.15) is 24.2 Å². The van der Waals surface area contributed by atoms with Gasteiger partial charge in [0.25, 0.3) is 0 Å². The number of aromatic nitrogens is 2. The summed E-state index contributed by atoms with van der Waals surface area (Å²) in [5.41, 5.74) is 3.68. The minimum atomic E-state index is -0.774. The van der Waals surface area contributed by atoms with E-state index in [4.69, 9.17) is 24.2 Å². The Morgan fingerprint density at radius 3 is 2.78 bits per heavy atom. The monoisotopic (exact) mass is 508 g/mol. The fourth-order valence-corrected chi connectivity index (χ4v) is 7.34. The van der Waals surface area contributed by atoms with E-state index in [9.17, 15) is 4.39 Å². The number of anilines is 1. The minimum Gasteiger partial charge on any atom is -0.461 e. The Bertz CT molecular complexity index is 1160. The Hall–Kier alpha value is -2.29. The zero-order valence-electron chi connectivity index (χ0n) is 21.6. The van der Waals surface area contributed by atoms with Gasteiger partial charge in [-0.05, 0) is 43.4 Å². The summed E-state index contributed by atoms with van der Waals surface area (Å²) in [4.78, 5) is 14.7. The normalized spacial score (nSPS) is 31.6. The number of hydrogen-bond donors (Lipinski definition) is 0. The van der Waals surface area contributed by atoms with Crippen LogP contribution in [0.1, 0.15) is 67.3 Å². The van der Waals surface area contributed by atoms with Gasteiger partial charge in [-0.25, -0.2) is 4.39 Å². The van der Waals surface area contributed by atoms with Gasteiger partial charge in [0.2, 0.25) is 0 Å². The maximum Gasteiger partial charge on any atom is 0.318 e. The summed E-state index contributed by atoms with van der Waals surface area (Å²) in [7, 11) is 0. The number of halogens is 1. The Kier molecular flexibility index (Phi) is 6.09. The maximum absolute atomic E-state index is 14.3. The zero-order chi connectivity index (χ0) is 24.9. The highest BCUT2D eigenvalue weighted by Gasteiger charge is 2.49. The maximum atomic E-state index is 14.3. The van der Waals surface area contributed by atoms with Crippen molar-refractivity contribution in [1.82, 2.24) is 14.9 Å². The third-order valence-electron chi connectivity index (χ3n) is 9.23. The van der Waals surface area contributed by atoms with Crippen LogP contribution in [0.3, 0.4) is 0 Å². The third-order valence-corrected chi connectivity index (χ3v) is 9.23. The van der Waals surface area contributed by atoms with E-state index in [2.05, 4.69) is 34.1 Å². The molecule has 5 aliphatic heterocycles. The van der Waals surface area contributed by atoms with Crippen LogP contribution in [0.25, 0.3) is 0 Å². The van der Waals surface area contributed by atoms with E-state index in [1.54, 1.807) is 0 Å². The highest BCUT2D eigenvalue weighted by Crippen LogP contribution is 2.44. The minimum absolute atomic E-state index is 0.220. The Labute approximate surface area is 218 Å². The highest BCUT2D eigenvalue weighted by atomic mass is 19.1. The fraction of sp³-hybridized carbons (Fsp3) is 0.655. The lowest BCUT2D eigenvalue weighted by Gasteiger charge is -2.42. The van der Waals surface area contributed by atoms with Crippen molar-refractivity contribution in [3.05, 3.63) is 46.6 Å². The predicted molar refractivity (Wildman–Crippen MR) is 138 cm³/mol. The number of alkyl halides is 1. The predicted octanol–water partition coefficient (Wildman–Crippen LogP) is 4.31. The summed E-state index contributed by atoms with van der Waals surface area (Å²) in [5.74, 6) is 0.956. The van der Waals surface area contributed by atoms with Gasteiger partial charge in [-0.3, -0.25) is 4.90 Å². The number of fused-ring (bicyclic) bond motifs is 4. The second-order valence-corrected chi connectivity index (χ2v) is 11.6.